The number of nitrogens with one attached hydrogen (secondary N) is 1. The van der Waals surface area contributed by atoms with Gasteiger partial charge in [-0.1, -0.05) is 13.8 Å². The summed E-state index contributed by atoms with van der Waals surface area (Å²) >= 11 is 0. The number of aromatic carboxylic acids is 1. The summed E-state index contributed by atoms with van der Waals surface area (Å²) in [6, 6.07) is 3.53. The van der Waals surface area contributed by atoms with Gasteiger partial charge in [-0.25, -0.2) is 4.79 Å². The molecule has 0 aliphatic rings. The molecule has 1 atom stereocenters. The highest BCUT2D eigenvalue weighted by Crippen LogP contribution is 2.27. The second-order valence-electron chi connectivity index (χ2n) is 4.47. The third-order valence-electron chi connectivity index (χ3n) is 3.29. The van der Waals surface area contributed by atoms with Crippen molar-refractivity contribution in [2.75, 3.05) is 0 Å². The highest BCUT2D eigenvalue weighted by molar-refractivity contribution is 5.95. The lowest BCUT2D eigenvalue weighted by molar-refractivity contribution is 0.0698. The van der Waals surface area contributed by atoms with E-state index in [1.807, 2.05) is 0 Å². The molecule has 1 unspecified atom stereocenters. The van der Waals surface area contributed by atoms with Crippen LogP contribution in [0.25, 0.3) is 11.4 Å². The van der Waals surface area contributed by atoms with Crippen LogP contribution in [0.5, 0.6) is 0 Å². The molecule has 2 aromatic rings. The Morgan fingerprint density at radius 1 is 1.61 bits per heavy atom. The summed E-state index contributed by atoms with van der Waals surface area (Å²) in [6.45, 7) is 4.15. The molecular weight excluding hydrogens is 230 g/mol. The van der Waals surface area contributed by atoms with E-state index >= 15 is 0 Å². The molecular formula is C13H17N3O2. The van der Waals surface area contributed by atoms with Gasteiger partial charge < -0.3 is 10.1 Å². The molecule has 2 N–H and O–H groups in total. The molecule has 18 heavy (non-hydrogen) atoms. The molecule has 96 valence electrons. The molecule has 0 amide bonds. The first-order valence-corrected chi connectivity index (χ1v) is 5.99. The number of aromatic amines is 1. The Hall–Kier alpha value is -2.04. The maximum Gasteiger partial charge on any atom is 0.337 e. The molecule has 0 aliphatic carbocycles. The fourth-order valence-corrected chi connectivity index (χ4v) is 1.95. The minimum Gasteiger partial charge on any atom is -0.478 e. The molecule has 0 spiro atoms. The van der Waals surface area contributed by atoms with E-state index in [0.717, 1.165) is 17.8 Å². The number of H-pyrrole nitrogens is 1. The summed E-state index contributed by atoms with van der Waals surface area (Å²) in [4.78, 5) is 14.5. The molecule has 0 fully saturated rings. The Balaban J connectivity index is 2.55. The molecule has 5 nitrogen and oxygen atoms in total. The number of aromatic nitrogens is 3. The Kier molecular flexibility index (Phi) is 3.23. The molecule has 2 heterocycles. The predicted molar refractivity (Wildman–Crippen MR) is 68.7 cm³/mol. The van der Waals surface area contributed by atoms with E-state index in [1.165, 1.54) is 0 Å². The van der Waals surface area contributed by atoms with Gasteiger partial charge >= 0.3 is 5.97 Å². The van der Waals surface area contributed by atoms with E-state index in [1.54, 1.807) is 30.1 Å². The number of carbonyl (C=O) groups is 1. The van der Waals surface area contributed by atoms with Crippen molar-refractivity contribution in [2.24, 2.45) is 7.05 Å². The van der Waals surface area contributed by atoms with Crippen LogP contribution in [0, 0.1) is 0 Å². The molecule has 0 radical (unpaired) electrons. The lowest BCUT2D eigenvalue weighted by Gasteiger charge is -2.05. The van der Waals surface area contributed by atoms with Crippen LogP contribution in [0.15, 0.2) is 18.3 Å². The third-order valence-corrected chi connectivity index (χ3v) is 3.29. The number of carboxylic acid groups (broad SMARTS) is 1. The van der Waals surface area contributed by atoms with Gasteiger partial charge in [0.05, 0.1) is 17.0 Å². The fraction of sp³-hybridized carbons (Fsp3) is 0.385. The minimum absolute atomic E-state index is 0.300. The van der Waals surface area contributed by atoms with Crippen LogP contribution in [-0.4, -0.2) is 25.8 Å². The normalized spacial score (nSPS) is 12.6. The topological polar surface area (TPSA) is 70.9 Å². The lowest BCUT2D eigenvalue weighted by atomic mass is 10.1. The Bertz CT molecular complexity index is 569. The summed E-state index contributed by atoms with van der Waals surface area (Å²) in [6.07, 6.45) is 2.62. The van der Waals surface area contributed by atoms with Gasteiger partial charge in [0.15, 0.2) is 0 Å². The van der Waals surface area contributed by atoms with E-state index in [4.69, 9.17) is 0 Å². The van der Waals surface area contributed by atoms with Gasteiger partial charge in [-0.05, 0) is 24.5 Å². The SMILES string of the molecule is CCC(C)c1cc(C(=O)O)c(-c2ccnn2C)[nH]1. The number of hydrogen-bond donors (Lipinski definition) is 2. The van der Waals surface area contributed by atoms with Crippen LogP contribution in [0.1, 0.15) is 42.2 Å². The van der Waals surface area contributed by atoms with Crippen molar-refractivity contribution in [3.05, 3.63) is 29.6 Å². The second kappa shape index (κ2) is 4.68. The summed E-state index contributed by atoms with van der Waals surface area (Å²) in [5.74, 6) is -0.609. The first-order valence-electron chi connectivity index (χ1n) is 5.99. The van der Waals surface area contributed by atoms with Gasteiger partial charge in [-0.3, -0.25) is 4.68 Å². The van der Waals surface area contributed by atoms with Crippen LogP contribution in [0.4, 0.5) is 0 Å². The van der Waals surface area contributed by atoms with E-state index in [0.29, 0.717) is 17.2 Å². The van der Waals surface area contributed by atoms with Crippen LogP contribution in [0.3, 0.4) is 0 Å². The molecule has 0 saturated carbocycles. The van der Waals surface area contributed by atoms with Gasteiger partial charge in [-0.15, -0.1) is 0 Å². The zero-order valence-corrected chi connectivity index (χ0v) is 10.8. The largest absolute Gasteiger partial charge is 0.478 e. The summed E-state index contributed by atoms with van der Waals surface area (Å²) in [5.41, 5.74) is 2.65. The lowest BCUT2D eigenvalue weighted by Crippen LogP contribution is -2.00. The Morgan fingerprint density at radius 3 is 2.83 bits per heavy atom. The van der Waals surface area contributed by atoms with Crippen molar-refractivity contribution < 1.29 is 9.90 Å². The highest BCUT2D eigenvalue weighted by atomic mass is 16.4. The molecule has 0 saturated heterocycles. The average molecular weight is 247 g/mol. The van der Waals surface area contributed by atoms with E-state index in [2.05, 4.69) is 23.9 Å². The smallest absolute Gasteiger partial charge is 0.337 e. The van der Waals surface area contributed by atoms with Crippen molar-refractivity contribution in [1.82, 2.24) is 14.8 Å². The minimum atomic E-state index is -0.919. The Labute approximate surface area is 105 Å². The van der Waals surface area contributed by atoms with Crippen LogP contribution in [0.2, 0.25) is 0 Å². The first kappa shape index (κ1) is 12.4. The average Bonchev–Trinajstić information content (AvgIpc) is 2.93. The number of rotatable bonds is 4. The van der Waals surface area contributed by atoms with Gasteiger partial charge in [0.1, 0.15) is 0 Å². The molecule has 0 aromatic carbocycles. The van der Waals surface area contributed by atoms with Crippen molar-refractivity contribution in [3.63, 3.8) is 0 Å². The molecule has 0 bridgehead atoms. The third kappa shape index (κ3) is 2.03. The molecule has 5 heteroatoms. The number of nitrogens with zero attached hydrogens (tertiary/aromatic N) is 2. The summed E-state index contributed by atoms with van der Waals surface area (Å²) < 4.78 is 1.67. The van der Waals surface area contributed by atoms with E-state index < -0.39 is 5.97 Å². The van der Waals surface area contributed by atoms with Gasteiger partial charge in [0, 0.05) is 18.9 Å². The maximum atomic E-state index is 11.3. The highest BCUT2D eigenvalue weighted by Gasteiger charge is 2.19. The van der Waals surface area contributed by atoms with Crippen LogP contribution < -0.4 is 0 Å². The second-order valence-corrected chi connectivity index (χ2v) is 4.47. The predicted octanol–water partition coefficient (Wildman–Crippen LogP) is 2.63. The van der Waals surface area contributed by atoms with Crippen molar-refractivity contribution in [2.45, 2.75) is 26.2 Å². The number of carboxylic acids is 1. The molecule has 2 rings (SSSR count). The first-order chi connectivity index (χ1) is 8.54. The van der Waals surface area contributed by atoms with Crippen LogP contribution >= 0.6 is 0 Å². The van der Waals surface area contributed by atoms with Crippen molar-refractivity contribution >= 4 is 5.97 Å². The van der Waals surface area contributed by atoms with E-state index in [9.17, 15) is 9.90 Å². The quantitative estimate of drug-likeness (QED) is 0.872. The number of aryl methyl sites for hydroxylation is 1. The van der Waals surface area contributed by atoms with Crippen LogP contribution in [-0.2, 0) is 7.05 Å². The van der Waals surface area contributed by atoms with Crippen molar-refractivity contribution in [1.29, 1.82) is 0 Å². The van der Waals surface area contributed by atoms with E-state index in [-0.39, 0.29) is 0 Å². The Morgan fingerprint density at radius 2 is 2.33 bits per heavy atom. The number of hydrogen-bond acceptors (Lipinski definition) is 2. The monoisotopic (exact) mass is 247 g/mol. The summed E-state index contributed by atoms with van der Waals surface area (Å²) in [5, 5.41) is 13.3. The fourth-order valence-electron chi connectivity index (χ4n) is 1.95. The standard InChI is InChI=1S/C13H17N3O2/c1-4-8(2)10-7-9(13(17)18)12(15-10)11-5-6-14-16(11)3/h5-8,15H,4H2,1-3H3,(H,17,18). The van der Waals surface area contributed by atoms with Gasteiger partial charge in [0.2, 0.25) is 0 Å². The van der Waals surface area contributed by atoms with Gasteiger partial charge in [0.25, 0.3) is 0 Å². The van der Waals surface area contributed by atoms with Crippen molar-refractivity contribution in [3.8, 4) is 11.4 Å². The zero-order chi connectivity index (χ0) is 13.3. The molecule has 2 aromatic heterocycles. The summed E-state index contributed by atoms with van der Waals surface area (Å²) in [7, 11) is 1.80. The molecule has 0 aliphatic heterocycles. The maximum absolute atomic E-state index is 11.3. The zero-order valence-electron chi connectivity index (χ0n) is 10.8. The van der Waals surface area contributed by atoms with Gasteiger partial charge in [-0.2, -0.15) is 5.10 Å².